The van der Waals surface area contributed by atoms with Crippen molar-refractivity contribution in [2.75, 3.05) is 0 Å². The summed E-state index contributed by atoms with van der Waals surface area (Å²) < 4.78 is 0. The Balaban J connectivity index is 0.000000170. The molecule has 48 heavy (non-hydrogen) atoms. The number of nitrogens with zero attached hydrogens (tertiary/aromatic N) is 1. The van der Waals surface area contributed by atoms with Gasteiger partial charge in [-0.15, -0.1) is 6.54 Å². The van der Waals surface area contributed by atoms with Gasteiger partial charge in [0, 0.05) is 11.9 Å². The van der Waals surface area contributed by atoms with Crippen LogP contribution in [0.15, 0.2) is 206 Å². The fourth-order valence-corrected chi connectivity index (χ4v) is 10.3. The van der Waals surface area contributed by atoms with Crippen molar-refractivity contribution in [2.24, 2.45) is 0 Å². The van der Waals surface area contributed by atoms with Gasteiger partial charge in [0.25, 0.3) is 0 Å². The van der Waals surface area contributed by atoms with Gasteiger partial charge in [0.1, 0.15) is 31.8 Å². The molecular formula is C42H39ClN2P2Ru+2. The van der Waals surface area contributed by atoms with Crippen LogP contribution in [0.25, 0.3) is 5.73 Å². The molecule has 1 N–H and O–H groups in total. The van der Waals surface area contributed by atoms with E-state index in [1.807, 2.05) is 35.5 Å². The molecule has 1 heterocycles. The Morgan fingerprint density at radius 3 is 0.771 bits per heavy atom. The van der Waals surface area contributed by atoms with Crippen molar-refractivity contribution in [3.63, 3.8) is 0 Å². The first-order valence-corrected chi connectivity index (χ1v) is 20.8. The molecule has 0 saturated carbocycles. The fourth-order valence-electron chi connectivity index (χ4n) is 5.13. The third kappa shape index (κ3) is 11.7. The maximum Gasteiger partial charge on any atom is 0.102 e. The van der Waals surface area contributed by atoms with Crippen LogP contribution < -0.4 is 31.8 Å². The third-order valence-electron chi connectivity index (χ3n) is 7.28. The number of aromatic nitrogens is 1. The summed E-state index contributed by atoms with van der Waals surface area (Å²) in [6, 6.07) is 70.6. The number of hydrogen-bond donors (Lipinski definition) is 0. The van der Waals surface area contributed by atoms with E-state index in [9.17, 15) is 0 Å². The Morgan fingerprint density at radius 1 is 0.375 bits per heavy atom. The van der Waals surface area contributed by atoms with Crippen LogP contribution in [0, 0.1) is 0 Å². The molecule has 0 unspecified atom stereocenters. The summed E-state index contributed by atoms with van der Waals surface area (Å²) in [6.07, 6.45) is 1.70. The number of hydrogen-bond acceptors (Lipinski definition) is 1. The van der Waals surface area contributed by atoms with Crippen LogP contribution in [-0.2, 0) is 23.9 Å². The topological polar surface area (TPSA) is 36.7 Å². The number of pyridine rings is 1. The minimum Gasteiger partial charge on any atom is -0.672 e. The molecule has 0 amide bonds. The molecule has 7 rings (SSSR count). The number of benzene rings is 6. The van der Waals surface area contributed by atoms with E-state index >= 15 is 0 Å². The molecule has 0 bridgehead atoms. The van der Waals surface area contributed by atoms with Crippen LogP contribution in [0.2, 0.25) is 0 Å². The van der Waals surface area contributed by atoms with E-state index in [0.29, 0.717) is 0 Å². The molecule has 0 fully saturated rings. The first kappa shape index (κ1) is 37.0. The molecule has 6 aromatic carbocycles. The second-order valence-electron chi connectivity index (χ2n) is 10.4. The van der Waals surface area contributed by atoms with Crippen LogP contribution in [0.4, 0.5) is 0 Å². The molecule has 6 heteroatoms. The Kier molecular flexibility index (Phi) is 16.9. The van der Waals surface area contributed by atoms with Crippen molar-refractivity contribution in [1.82, 2.24) is 4.98 Å². The Hall–Kier alpha value is -3.80. The molecule has 0 aliphatic carbocycles. The van der Waals surface area contributed by atoms with Gasteiger partial charge in [0.05, 0.1) is 15.8 Å². The molecule has 2 nitrogen and oxygen atoms in total. The second-order valence-corrected chi connectivity index (χ2v) is 15.4. The van der Waals surface area contributed by atoms with Crippen LogP contribution >= 0.6 is 25.5 Å². The van der Waals surface area contributed by atoms with Crippen molar-refractivity contribution in [3.05, 3.63) is 218 Å². The van der Waals surface area contributed by atoms with Gasteiger partial charge >= 0.3 is 27.0 Å². The van der Waals surface area contributed by atoms with Gasteiger partial charge in [-0.1, -0.05) is 115 Å². The van der Waals surface area contributed by atoms with E-state index in [2.05, 4.69) is 197 Å². The maximum atomic E-state index is 6.88. The smallest absolute Gasteiger partial charge is 0.102 e. The zero-order valence-corrected chi connectivity index (χ0v) is 31.0. The van der Waals surface area contributed by atoms with Crippen molar-refractivity contribution < 1.29 is 17.3 Å². The second kappa shape index (κ2) is 22.0. The number of rotatable bonds is 7. The number of halogens is 1. The van der Waals surface area contributed by atoms with Crippen LogP contribution in [0.1, 0.15) is 5.69 Å². The van der Waals surface area contributed by atoms with Crippen molar-refractivity contribution in [2.45, 2.75) is 6.54 Å². The minimum atomic E-state index is -0.877. The average molecular weight is 770 g/mol. The predicted molar refractivity (Wildman–Crippen MR) is 211 cm³/mol. The zero-order valence-electron chi connectivity index (χ0n) is 26.5. The number of nitrogens with one attached hydrogen (secondary N) is 1. The summed E-state index contributed by atoms with van der Waals surface area (Å²) in [5.41, 5.74) is 7.71. The molecule has 0 spiro atoms. The molecule has 0 saturated heterocycles. The first-order valence-electron chi connectivity index (χ1n) is 15.6. The quantitative estimate of drug-likeness (QED) is 0.118. The minimum absolute atomic E-state index is 0.279. The summed E-state index contributed by atoms with van der Waals surface area (Å²) >= 11 is 1.82. The largest absolute Gasteiger partial charge is 0.672 e. The Bertz CT molecular complexity index is 1500. The van der Waals surface area contributed by atoms with Crippen LogP contribution in [-0.4, -0.2) is 4.98 Å². The standard InChI is InChI=1S/2C18H15P.C6H7N2.ClH.Ru/c2*1-4-10-16(11-5-1)19(17-12-6-2-7-13-17)18-14-8-3-9-15-18;7-5-6-3-1-2-4-8-6;;/h2*1-15H;1-4,7H,5H2;1H;/q;;-1;;+2/p+1. The van der Waals surface area contributed by atoms with Crippen LogP contribution in [0.5, 0.6) is 0 Å². The predicted octanol–water partition coefficient (Wildman–Crippen LogP) is 8.68. The average Bonchev–Trinajstić information content (AvgIpc) is 3.19. The Morgan fingerprint density at radius 2 is 0.604 bits per heavy atom. The fraction of sp³-hybridized carbons (Fsp3) is 0.0238. The van der Waals surface area contributed by atoms with Gasteiger partial charge in [-0.25, -0.2) is 0 Å². The summed E-state index contributed by atoms with van der Waals surface area (Å²) in [4.78, 5) is 3.91. The van der Waals surface area contributed by atoms with Crippen molar-refractivity contribution in [3.8, 4) is 0 Å². The van der Waals surface area contributed by atoms with E-state index in [1.165, 1.54) is 31.8 Å². The Labute approximate surface area is 302 Å². The van der Waals surface area contributed by atoms with Gasteiger partial charge < -0.3 is 5.73 Å². The van der Waals surface area contributed by atoms with Crippen LogP contribution in [0.3, 0.4) is 0 Å². The zero-order chi connectivity index (χ0) is 33.7. The third-order valence-corrected chi connectivity index (χ3v) is 12.7. The molecule has 7 aromatic rings. The molecule has 0 radical (unpaired) electrons. The van der Waals surface area contributed by atoms with E-state index in [4.69, 9.17) is 5.73 Å². The van der Waals surface area contributed by atoms with Gasteiger partial charge in [-0.05, 0) is 84.9 Å². The van der Waals surface area contributed by atoms with Gasteiger partial charge in [-0.3, -0.25) is 4.98 Å². The van der Waals surface area contributed by atoms with Crippen molar-refractivity contribution in [1.29, 1.82) is 0 Å². The van der Waals surface area contributed by atoms with E-state index < -0.39 is 15.8 Å². The SMILES string of the molecule is [Cl][Ru+].[NH-]Cc1ccccn1.c1ccc([PH+](c2ccccc2)c2ccccc2)cc1.c1ccc([PH+](c2ccccc2)c2ccccc2)cc1. The molecule has 0 aliphatic rings. The maximum absolute atomic E-state index is 6.88. The van der Waals surface area contributed by atoms with E-state index in [0.717, 1.165) is 5.69 Å². The van der Waals surface area contributed by atoms with Crippen molar-refractivity contribution >= 4 is 57.4 Å². The summed E-state index contributed by atoms with van der Waals surface area (Å²) in [7, 11) is 2.81. The van der Waals surface area contributed by atoms with E-state index in [-0.39, 0.29) is 6.54 Å². The summed E-state index contributed by atoms with van der Waals surface area (Å²) in [5.74, 6) is 0. The van der Waals surface area contributed by atoms with Gasteiger partial charge in [0.2, 0.25) is 0 Å². The normalized spacial score (nSPS) is 10.0. The van der Waals surface area contributed by atoms with Gasteiger partial charge in [-0.2, -0.15) is 0 Å². The molecule has 1 aromatic heterocycles. The molecule has 240 valence electrons. The summed E-state index contributed by atoms with van der Waals surface area (Å²) in [6.45, 7) is 0.279. The molecule has 0 aliphatic heterocycles. The molecule has 0 atom stereocenters. The van der Waals surface area contributed by atoms with Gasteiger partial charge in [0.15, 0.2) is 0 Å². The summed E-state index contributed by atoms with van der Waals surface area (Å²) in [5, 5.41) is 8.61. The monoisotopic (exact) mass is 770 g/mol. The van der Waals surface area contributed by atoms with E-state index in [1.54, 1.807) is 6.20 Å². The first-order chi connectivity index (χ1) is 23.8. The molecular weight excluding hydrogens is 731 g/mol.